The van der Waals surface area contributed by atoms with E-state index < -0.39 is 5.54 Å². The van der Waals surface area contributed by atoms with Crippen LogP contribution in [0.2, 0.25) is 0 Å². The second-order valence-corrected chi connectivity index (χ2v) is 5.08. The zero-order valence-corrected chi connectivity index (χ0v) is 12.5. The van der Waals surface area contributed by atoms with Gasteiger partial charge in [0.25, 0.3) is 0 Å². The maximum Gasteiger partial charge on any atom is 0.245 e. The molecule has 1 rings (SSSR count). The topological polar surface area (TPSA) is 84.2 Å². The third-order valence-electron chi connectivity index (χ3n) is 3.47. The molecule has 0 aromatic rings. The van der Waals surface area contributed by atoms with Crippen LogP contribution in [-0.2, 0) is 9.59 Å². The van der Waals surface area contributed by atoms with Gasteiger partial charge in [-0.2, -0.15) is 0 Å². The van der Waals surface area contributed by atoms with E-state index in [9.17, 15) is 9.59 Å². The monoisotopic (exact) mass is 291 g/mol. The number of unbranched alkanes of at least 4 members (excludes halogenated alkanes) is 1. The second-order valence-electron chi connectivity index (χ2n) is 5.08. The van der Waals surface area contributed by atoms with Crippen molar-refractivity contribution in [2.45, 2.75) is 57.4 Å². The summed E-state index contributed by atoms with van der Waals surface area (Å²) in [6.45, 7) is 2.75. The van der Waals surface area contributed by atoms with Crippen LogP contribution in [-0.4, -0.2) is 30.4 Å². The van der Waals surface area contributed by atoms with Crippen LogP contribution in [0, 0.1) is 0 Å². The summed E-state index contributed by atoms with van der Waals surface area (Å²) >= 11 is 0. The largest absolute Gasteiger partial charge is 0.354 e. The maximum atomic E-state index is 12.3. The molecule has 2 amide bonds. The molecule has 0 aliphatic heterocycles. The number of halogens is 1. The van der Waals surface area contributed by atoms with Gasteiger partial charge in [0.2, 0.25) is 11.8 Å². The van der Waals surface area contributed by atoms with Gasteiger partial charge >= 0.3 is 0 Å². The van der Waals surface area contributed by atoms with Crippen molar-refractivity contribution in [1.82, 2.24) is 10.6 Å². The molecule has 1 aliphatic rings. The SMILES string of the molecule is CC(=O)NC1(C(=O)NCCCCN)CCCCC1.Cl. The van der Waals surface area contributed by atoms with E-state index in [1.165, 1.54) is 6.92 Å². The summed E-state index contributed by atoms with van der Waals surface area (Å²) in [5.41, 5.74) is 4.74. The van der Waals surface area contributed by atoms with Crippen molar-refractivity contribution in [2.75, 3.05) is 13.1 Å². The first-order chi connectivity index (χ1) is 8.60. The Bertz CT molecular complexity index is 292. The van der Waals surface area contributed by atoms with E-state index >= 15 is 0 Å². The predicted molar refractivity (Wildman–Crippen MR) is 78.2 cm³/mol. The number of carbonyl (C=O) groups is 2. The van der Waals surface area contributed by atoms with Crippen molar-refractivity contribution in [3.8, 4) is 0 Å². The van der Waals surface area contributed by atoms with Crippen LogP contribution in [0.4, 0.5) is 0 Å². The highest BCUT2D eigenvalue weighted by molar-refractivity contribution is 5.91. The standard InChI is InChI=1S/C13H25N3O2.ClH/c1-11(17)16-13(7-3-2-4-8-13)12(18)15-10-6-5-9-14;/h2-10,14H2,1H3,(H,15,18)(H,16,17);1H. The van der Waals surface area contributed by atoms with Crippen molar-refractivity contribution in [2.24, 2.45) is 5.73 Å². The van der Waals surface area contributed by atoms with Crippen LogP contribution in [0.15, 0.2) is 0 Å². The molecule has 5 nitrogen and oxygen atoms in total. The van der Waals surface area contributed by atoms with Gasteiger partial charge in [0.15, 0.2) is 0 Å². The molecule has 0 radical (unpaired) electrons. The molecule has 0 unspecified atom stereocenters. The Morgan fingerprint density at radius 3 is 2.32 bits per heavy atom. The lowest BCUT2D eigenvalue weighted by atomic mass is 9.80. The first kappa shape index (κ1) is 18.2. The van der Waals surface area contributed by atoms with Gasteiger partial charge in [0.05, 0.1) is 0 Å². The minimum absolute atomic E-state index is 0. The molecule has 0 spiro atoms. The highest BCUT2D eigenvalue weighted by atomic mass is 35.5. The van der Waals surface area contributed by atoms with Crippen molar-refractivity contribution in [3.05, 3.63) is 0 Å². The molecule has 0 aromatic heterocycles. The van der Waals surface area contributed by atoms with Crippen molar-refractivity contribution in [1.29, 1.82) is 0 Å². The Hall–Kier alpha value is -0.810. The van der Waals surface area contributed by atoms with E-state index in [1.807, 2.05) is 0 Å². The third kappa shape index (κ3) is 5.78. The summed E-state index contributed by atoms with van der Waals surface area (Å²) in [5.74, 6) is -0.163. The summed E-state index contributed by atoms with van der Waals surface area (Å²) in [6.07, 6.45) is 6.42. The summed E-state index contributed by atoms with van der Waals surface area (Å²) in [7, 11) is 0. The van der Waals surface area contributed by atoms with Crippen LogP contribution >= 0.6 is 12.4 Å². The molecular formula is C13H26ClN3O2. The second kappa shape index (κ2) is 9.15. The van der Waals surface area contributed by atoms with Gasteiger partial charge in [-0.1, -0.05) is 19.3 Å². The summed E-state index contributed by atoms with van der Waals surface area (Å²) in [5, 5.41) is 5.78. The molecule has 6 heteroatoms. The van der Waals surface area contributed by atoms with E-state index in [0.717, 1.165) is 44.9 Å². The molecule has 0 heterocycles. The lowest BCUT2D eigenvalue weighted by Gasteiger charge is -2.36. The number of amides is 2. The number of carbonyl (C=O) groups excluding carboxylic acids is 2. The lowest BCUT2D eigenvalue weighted by Crippen LogP contribution is -2.59. The van der Waals surface area contributed by atoms with E-state index in [1.54, 1.807) is 0 Å². The summed E-state index contributed by atoms with van der Waals surface area (Å²) < 4.78 is 0. The highest BCUT2D eigenvalue weighted by Crippen LogP contribution is 2.28. The molecule has 0 atom stereocenters. The molecular weight excluding hydrogens is 266 g/mol. The van der Waals surface area contributed by atoms with E-state index in [0.29, 0.717) is 13.1 Å². The molecule has 1 aliphatic carbocycles. The first-order valence-corrected chi connectivity index (χ1v) is 6.88. The molecule has 1 fully saturated rings. The number of hydrogen-bond acceptors (Lipinski definition) is 3. The fourth-order valence-electron chi connectivity index (χ4n) is 2.54. The molecule has 4 N–H and O–H groups in total. The Kier molecular flexibility index (Phi) is 8.76. The highest BCUT2D eigenvalue weighted by Gasteiger charge is 2.39. The maximum absolute atomic E-state index is 12.3. The van der Waals surface area contributed by atoms with Crippen LogP contribution in [0.5, 0.6) is 0 Å². The van der Waals surface area contributed by atoms with Gasteiger partial charge in [-0.15, -0.1) is 12.4 Å². The summed E-state index contributed by atoms with van der Waals surface area (Å²) in [6, 6.07) is 0. The smallest absolute Gasteiger partial charge is 0.245 e. The third-order valence-corrected chi connectivity index (χ3v) is 3.47. The van der Waals surface area contributed by atoms with E-state index in [2.05, 4.69) is 10.6 Å². The van der Waals surface area contributed by atoms with Gasteiger partial charge in [0, 0.05) is 13.5 Å². The van der Waals surface area contributed by atoms with E-state index in [4.69, 9.17) is 5.73 Å². The van der Waals surface area contributed by atoms with Crippen LogP contribution in [0.3, 0.4) is 0 Å². The molecule has 19 heavy (non-hydrogen) atoms. The van der Waals surface area contributed by atoms with Gasteiger partial charge in [-0.05, 0) is 32.2 Å². The van der Waals surface area contributed by atoms with Crippen molar-refractivity contribution >= 4 is 24.2 Å². The van der Waals surface area contributed by atoms with Gasteiger partial charge in [0.1, 0.15) is 5.54 Å². The average Bonchev–Trinajstić information content (AvgIpc) is 2.34. The molecule has 112 valence electrons. The van der Waals surface area contributed by atoms with Gasteiger partial charge < -0.3 is 16.4 Å². The van der Waals surface area contributed by atoms with Crippen molar-refractivity contribution in [3.63, 3.8) is 0 Å². The average molecular weight is 292 g/mol. The minimum atomic E-state index is -0.674. The summed E-state index contributed by atoms with van der Waals surface area (Å²) in [4.78, 5) is 23.6. The first-order valence-electron chi connectivity index (χ1n) is 6.88. The van der Waals surface area contributed by atoms with Crippen molar-refractivity contribution < 1.29 is 9.59 Å². The van der Waals surface area contributed by atoms with E-state index in [-0.39, 0.29) is 24.2 Å². The Morgan fingerprint density at radius 2 is 1.79 bits per heavy atom. The number of hydrogen-bond donors (Lipinski definition) is 3. The molecule has 0 saturated heterocycles. The van der Waals surface area contributed by atoms with Crippen LogP contribution in [0.25, 0.3) is 0 Å². The Labute approximate surface area is 121 Å². The number of nitrogens with two attached hydrogens (primary N) is 1. The predicted octanol–water partition coefficient (Wildman–Crippen LogP) is 1.10. The number of nitrogens with one attached hydrogen (secondary N) is 2. The quantitative estimate of drug-likeness (QED) is 0.641. The minimum Gasteiger partial charge on any atom is -0.354 e. The zero-order chi connectivity index (χ0) is 13.4. The van der Waals surface area contributed by atoms with Gasteiger partial charge in [-0.25, -0.2) is 0 Å². The fourth-order valence-corrected chi connectivity index (χ4v) is 2.54. The molecule has 1 saturated carbocycles. The zero-order valence-electron chi connectivity index (χ0n) is 11.7. The van der Waals surface area contributed by atoms with Crippen LogP contribution in [0.1, 0.15) is 51.9 Å². The lowest BCUT2D eigenvalue weighted by molar-refractivity contribution is -0.134. The number of rotatable bonds is 6. The Balaban J connectivity index is 0.00000324. The normalized spacial score (nSPS) is 17.2. The van der Waals surface area contributed by atoms with Crippen LogP contribution < -0.4 is 16.4 Å². The Morgan fingerprint density at radius 1 is 1.16 bits per heavy atom. The molecule has 0 aromatic carbocycles. The fraction of sp³-hybridized carbons (Fsp3) is 0.846. The molecule has 0 bridgehead atoms. The van der Waals surface area contributed by atoms with Gasteiger partial charge in [-0.3, -0.25) is 9.59 Å².